The van der Waals surface area contributed by atoms with Gasteiger partial charge in [-0.2, -0.15) is 0 Å². The molecule has 8 nitrogen and oxygen atoms in total. The Kier molecular flexibility index (Phi) is 10.6. The summed E-state index contributed by atoms with van der Waals surface area (Å²) in [5, 5.41) is 19.1. The minimum absolute atomic E-state index is 0.0947. The van der Waals surface area contributed by atoms with Gasteiger partial charge in [0.05, 0.1) is 18.5 Å². The molecule has 9 heteroatoms. The number of carbonyl (C=O) groups is 3. The molecule has 26 heavy (non-hydrogen) atoms. The van der Waals surface area contributed by atoms with Crippen molar-refractivity contribution in [1.82, 2.24) is 5.32 Å². The zero-order chi connectivity index (χ0) is 20.3. The second-order valence-electron chi connectivity index (χ2n) is 5.67. The molecular formula is C17H24FN3O5. The van der Waals surface area contributed by atoms with Gasteiger partial charge in [0, 0.05) is 18.2 Å². The van der Waals surface area contributed by atoms with Crippen molar-refractivity contribution in [3.8, 4) is 0 Å². The highest BCUT2D eigenvalue weighted by atomic mass is 19.1. The van der Waals surface area contributed by atoms with E-state index in [1.807, 2.05) is 0 Å². The van der Waals surface area contributed by atoms with E-state index in [4.69, 9.17) is 10.1 Å². The molecule has 0 aromatic carbocycles. The Morgan fingerprint density at radius 2 is 2.00 bits per heavy atom. The van der Waals surface area contributed by atoms with Crippen LogP contribution in [0.1, 0.15) is 33.6 Å². The number of aliphatic hydroxyl groups excluding tert-OH is 1. The number of aliphatic imine (C=N–C) groups is 1. The molecule has 0 aromatic heterocycles. The van der Waals surface area contributed by atoms with Gasteiger partial charge in [-0.1, -0.05) is 6.58 Å². The maximum absolute atomic E-state index is 12.5. The quantitative estimate of drug-likeness (QED) is 0.373. The van der Waals surface area contributed by atoms with Crippen LogP contribution in [0.5, 0.6) is 0 Å². The number of Topliss-reactive ketones (excluding diaryl/α,β-unsaturated/α-hetero) is 1. The van der Waals surface area contributed by atoms with Gasteiger partial charge in [-0.25, -0.2) is 9.18 Å². The molecule has 0 spiro atoms. The summed E-state index contributed by atoms with van der Waals surface area (Å²) in [5.74, 6) is -2.81. The molecule has 0 aliphatic rings. The normalized spacial score (nSPS) is 14.0. The van der Waals surface area contributed by atoms with Crippen molar-refractivity contribution in [2.45, 2.75) is 51.9 Å². The number of allylic oxidation sites excluding steroid dienone is 1. The van der Waals surface area contributed by atoms with E-state index < -0.39 is 41.7 Å². The first-order valence-corrected chi connectivity index (χ1v) is 7.85. The number of esters is 1. The number of aliphatic hydroxyl groups is 1. The Balaban J connectivity index is 5.01. The van der Waals surface area contributed by atoms with Crippen LogP contribution in [-0.2, 0) is 19.1 Å². The minimum Gasteiger partial charge on any atom is -0.461 e. The number of ether oxygens (including phenoxy) is 1. The minimum atomic E-state index is -1.72. The van der Waals surface area contributed by atoms with Crippen LogP contribution in [0.15, 0.2) is 29.2 Å². The fourth-order valence-corrected chi connectivity index (χ4v) is 1.65. The molecule has 0 bridgehead atoms. The number of amides is 1. The summed E-state index contributed by atoms with van der Waals surface area (Å²) < 4.78 is 17.5. The highest BCUT2D eigenvalue weighted by Gasteiger charge is 2.27. The Hall–Kier alpha value is -2.68. The Labute approximate surface area is 151 Å². The van der Waals surface area contributed by atoms with E-state index in [0.717, 1.165) is 12.4 Å². The fourth-order valence-electron chi connectivity index (χ4n) is 1.65. The van der Waals surface area contributed by atoms with Crippen LogP contribution in [-0.4, -0.2) is 53.4 Å². The first-order valence-electron chi connectivity index (χ1n) is 7.85. The number of ketones is 1. The molecule has 0 aromatic rings. The molecule has 3 N–H and O–H groups in total. The van der Waals surface area contributed by atoms with Crippen molar-refractivity contribution in [3.05, 3.63) is 24.2 Å². The molecule has 2 atom stereocenters. The highest BCUT2D eigenvalue weighted by Crippen LogP contribution is 2.06. The maximum atomic E-state index is 12.5. The number of hydrogen-bond acceptors (Lipinski definition) is 7. The lowest BCUT2D eigenvalue weighted by molar-refractivity contribution is -0.152. The first-order chi connectivity index (χ1) is 12.1. The summed E-state index contributed by atoms with van der Waals surface area (Å²) in [5.41, 5.74) is -0.119. The summed E-state index contributed by atoms with van der Waals surface area (Å²) >= 11 is 0. The van der Waals surface area contributed by atoms with Crippen molar-refractivity contribution in [3.63, 3.8) is 0 Å². The van der Waals surface area contributed by atoms with Gasteiger partial charge in [-0.3, -0.25) is 14.6 Å². The summed E-state index contributed by atoms with van der Waals surface area (Å²) in [4.78, 5) is 38.9. The topological polar surface area (TPSA) is 129 Å². The zero-order valence-electron chi connectivity index (χ0n) is 15.0. The molecule has 144 valence electrons. The maximum Gasteiger partial charge on any atom is 0.328 e. The van der Waals surface area contributed by atoms with Crippen LogP contribution in [0.3, 0.4) is 0 Å². The van der Waals surface area contributed by atoms with E-state index in [2.05, 4.69) is 16.9 Å². The van der Waals surface area contributed by atoms with Gasteiger partial charge in [0.15, 0.2) is 11.9 Å². The summed E-state index contributed by atoms with van der Waals surface area (Å²) in [6.45, 7) is 7.86. The Morgan fingerprint density at radius 1 is 1.38 bits per heavy atom. The van der Waals surface area contributed by atoms with Crippen LogP contribution in [0, 0.1) is 5.41 Å². The summed E-state index contributed by atoms with van der Waals surface area (Å²) in [6, 6.07) is -1.18. The molecule has 0 saturated heterocycles. The van der Waals surface area contributed by atoms with Crippen molar-refractivity contribution >= 4 is 30.1 Å². The zero-order valence-corrected chi connectivity index (χ0v) is 15.0. The number of halogens is 1. The second-order valence-corrected chi connectivity index (χ2v) is 5.67. The van der Waals surface area contributed by atoms with E-state index in [9.17, 15) is 23.9 Å². The fraction of sp³-hybridized carbons (Fsp3) is 0.471. The molecular weight excluding hydrogens is 345 g/mol. The molecule has 0 radical (unpaired) electrons. The standard InChI is InChI=1S/C17H24FN3O5/c1-10(2)26-17(25)14(6-5-13(22)7-19)21-16(24)15(23)11(3)8-20-9-12(4)18/h7-10,14-15,19,23H,3,5-6H2,1-2,4H3,(H,21,24)/b12-9+,19-7?,20-8?/t14-,15+/m0/s1. The average Bonchev–Trinajstić information content (AvgIpc) is 2.55. The smallest absolute Gasteiger partial charge is 0.328 e. The van der Waals surface area contributed by atoms with Crippen LogP contribution in [0.2, 0.25) is 0 Å². The number of nitrogens with zero attached hydrogens (tertiary/aromatic N) is 1. The van der Waals surface area contributed by atoms with E-state index in [-0.39, 0.29) is 18.4 Å². The predicted octanol–water partition coefficient (Wildman–Crippen LogP) is 1.24. The first kappa shape index (κ1) is 23.3. The van der Waals surface area contributed by atoms with Crippen LogP contribution >= 0.6 is 0 Å². The molecule has 0 fully saturated rings. The lowest BCUT2D eigenvalue weighted by atomic mass is 10.1. The third-order valence-electron chi connectivity index (χ3n) is 2.89. The molecule has 0 unspecified atom stereocenters. The third-order valence-corrected chi connectivity index (χ3v) is 2.89. The Morgan fingerprint density at radius 3 is 2.50 bits per heavy atom. The van der Waals surface area contributed by atoms with Crippen molar-refractivity contribution in [2.75, 3.05) is 0 Å². The molecule has 0 aliphatic carbocycles. The lowest BCUT2D eigenvalue weighted by Gasteiger charge is -2.20. The molecule has 0 heterocycles. The lowest BCUT2D eigenvalue weighted by Crippen LogP contribution is -2.47. The van der Waals surface area contributed by atoms with E-state index in [0.29, 0.717) is 6.21 Å². The van der Waals surface area contributed by atoms with Crippen molar-refractivity contribution < 1.29 is 28.6 Å². The van der Waals surface area contributed by atoms with Gasteiger partial charge in [-0.15, -0.1) is 0 Å². The highest BCUT2D eigenvalue weighted by molar-refractivity contribution is 6.26. The van der Waals surface area contributed by atoms with Gasteiger partial charge in [-0.05, 0) is 27.2 Å². The monoisotopic (exact) mass is 369 g/mol. The Bertz CT molecular complexity index is 610. The third kappa shape index (κ3) is 9.58. The van der Waals surface area contributed by atoms with Crippen LogP contribution in [0.4, 0.5) is 4.39 Å². The number of hydrogen-bond donors (Lipinski definition) is 3. The molecule has 0 rings (SSSR count). The number of rotatable bonds is 11. The molecule has 0 saturated carbocycles. The van der Waals surface area contributed by atoms with Crippen molar-refractivity contribution in [1.29, 1.82) is 5.41 Å². The predicted molar refractivity (Wildman–Crippen MR) is 94.7 cm³/mol. The summed E-state index contributed by atoms with van der Waals surface area (Å²) in [7, 11) is 0. The van der Waals surface area contributed by atoms with E-state index in [1.165, 1.54) is 6.92 Å². The average molecular weight is 369 g/mol. The largest absolute Gasteiger partial charge is 0.461 e. The molecule has 1 amide bonds. The second kappa shape index (κ2) is 11.8. The van der Waals surface area contributed by atoms with E-state index in [1.54, 1.807) is 13.8 Å². The summed E-state index contributed by atoms with van der Waals surface area (Å²) in [6.07, 6.45) is 0.0845. The van der Waals surface area contributed by atoms with Crippen LogP contribution in [0.25, 0.3) is 0 Å². The van der Waals surface area contributed by atoms with Crippen molar-refractivity contribution in [2.24, 2.45) is 4.99 Å². The van der Waals surface area contributed by atoms with Gasteiger partial charge < -0.3 is 20.6 Å². The van der Waals surface area contributed by atoms with Gasteiger partial charge in [0.1, 0.15) is 11.9 Å². The number of nitrogens with one attached hydrogen (secondary N) is 2. The van der Waals surface area contributed by atoms with Gasteiger partial charge in [0.25, 0.3) is 5.91 Å². The van der Waals surface area contributed by atoms with Crippen LogP contribution < -0.4 is 5.32 Å². The van der Waals surface area contributed by atoms with Gasteiger partial charge >= 0.3 is 5.97 Å². The molecule has 0 aliphatic heterocycles. The van der Waals surface area contributed by atoms with E-state index >= 15 is 0 Å². The SMILES string of the molecule is C=C(C=N/C=C(\C)F)[C@@H](O)C(=O)N[C@@H](CCC(=O)C=N)C(=O)OC(C)C. The number of carbonyl (C=O) groups excluding carboxylic acids is 3. The van der Waals surface area contributed by atoms with Gasteiger partial charge in [0.2, 0.25) is 0 Å².